The van der Waals surface area contributed by atoms with Crippen molar-refractivity contribution >= 4 is 28.8 Å². The minimum absolute atomic E-state index is 0.0135. The second kappa shape index (κ2) is 10.2. The first-order valence-corrected chi connectivity index (χ1v) is 11.6. The number of benzene rings is 1. The lowest BCUT2D eigenvalue weighted by molar-refractivity contribution is -0.139. The van der Waals surface area contributed by atoms with Crippen LogP contribution >= 0.6 is 11.8 Å². The van der Waals surface area contributed by atoms with Crippen molar-refractivity contribution in [2.45, 2.75) is 64.7 Å². The second-order valence-corrected chi connectivity index (χ2v) is 8.53. The van der Waals surface area contributed by atoms with Crippen LogP contribution in [0.1, 0.15) is 65.0 Å². The molecule has 1 fully saturated rings. The zero-order chi connectivity index (χ0) is 21.7. The summed E-state index contributed by atoms with van der Waals surface area (Å²) in [7, 11) is 0. The van der Waals surface area contributed by atoms with Gasteiger partial charge in [-0.2, -0.15) is 0 Å². The third kappa shape index (κ3) is 4.56. The Balaban J connectivity index is 1.92. The monoisotopic (exact) mass is 430 g/mol. The third-order valence-electron chi connectivity index (χ3n) is 5.23. The molecule has 3 rings (SSSR count). The van der Waals surface area contributed by atoms with Gasteiger partial charge >= 0.3 is 5.97 Å². The van der Waals surface area contributed by atoms with Crippen molar-refractivity contribution in [3.05, 3.63) is 41.1 Å². The van der Waals surface area contributed by atoms with E-state index in [0.717, 1.165) is 30.6 Å². The van der Waals surface area contributed by atoms with Gasteiger partial charge in [-0.05, 0) is 44.4 Å². The van der Waals surface area contributed by atoms with Gasteiger partial charge in [-0.15, -0.1) is 0 Å². The summed E-state index contributed by atoms with van der Waals surface area (Å²) in [6.45, 7) is 8.67. The van der Waals surface area contributed by atoms with E-state index in [1.807, 2.05) is 31.2 Å². The average Bonchev–Trinajstić information content (AvgIpc) is 3.06. The molecule has 0 radical (unpaired) electrons. The second-order valence-electron chi connectivity index (χ2n) is 7.36. The highest BCUT2D eigenvalue weighted by Crippen LogP contribution is 2.44. The summed E-state index contributed by atoms with van der Waals surface area (Å²) in [6.07, 6.45) is 4.02. The number of rotatable bonds is 9. The molecule has 30 heavy (non-hydrogen) atoms. The number of unbranched alkanes of at least 4 members (excludes halogenated alkanes) is 2. The third-order valence-corrected chi connectivity index (χ3v) is 6.55. The highest BCUT2D eigenvalue weighted by molar-refractivity contribution is 8.15. The molecule has 0 aromatic heterocycles. The number of fused-ring (bicyclic) bond motifs is 1. The molecule has 2 heterocycles. The first kappa shape index (κ1) is 22.4. The van der Waals surface area contributed by atoms with Crippen LogP contribution in [0, 0.1) is 0 Å². The molecule has 1 aromatic rings. The number of hydrogen-bond acceptors (Lipinski definition) is 6. The van der Waals surface area contributed by atoms with Crippen LogP contribution in [0.5, 0.6) is 5.75 Å². The van der Waals surface area contributed by atoms with Gasteiger partial charge in [0.05, 0.1) is 35.8 Å². The van der Waals surface area contributed by atoms with Crippen molar-refractivity contribution in [2.24, 2.45) is 4.99 Å². The molecular formula is C23H30N2O4S. The van der Waals surface area contributed by atoms with Crippen LogP contribution in [0.3, 0.4) is 0 Å². The van der Waals surface area contributed by atoms with Gasteiger partial charge in [0.1, 0.15) is 5.75 Å². The number of carbonyl (C=O) groups is 2. The molecule has 162 valence electrons. The van der Waals surface area contributed by atoms with E-state index in [-0.39, 0.29) is 17.8 Å². The van der Waals surface area contributed by atoms with E-state index >= 15 is 0 Å². The van der Waals surface area contributed by atoms with E-state index in [1.165, 1.54) is 11.8 Å². The van der Waals surface area contributed by atoms with Crippen molar-refractivity contribution < 1.29 is 19.1 Å². The minimum Gasteiger partial charge on any atom is -0.494 e. The average molecular weight is 431 g/mol. The fraction of sp³-hybridized carbons (Fsp3) is 0.522. The van der Waals surface area contributed by atoms with Crippen molar-refractivity contribution in [1.29, 1.82) is 0 Å². The number of ether oxygens (including phenoxy) is 2. The predicted octanol–water partition coefficient (Wildman–Crippen LogP) is 4.86. The maximum Gasteiger partial charge on any atom is 0.338 e. The topological polar surface area (TPSA) is 68.2 Å². The number of esters is 1. The van der Waals surface area contributed by atoms with E-state index in [0.29, 0.717) is 29.5 Å². The van der Waals surface area contributed by atoms with Crippen LogP contribution in [0.15, 0.2) is 40.5 Å². The number of thioether (sulfide) groups is 1. The van der Waals surface area contributed by atoms with E-state index in [4.69, 9.17) is 9.47 Å². The Bertz CT molecular complexity index is 847. The summed E-state index contributed by atoms with van der Waals surface area (Å²) in [4.78, 5) is 32.1. The fourth-order valence-corrected chi connectivity index (χ4v) is 4.80. The van der Waals surface area contributed by atoms with E-state index in [9.17, 15) is 9.59 Å². The van der Waals surface area contributed by atoms with E-state index in [1.54, 1.807) is 18.7 Å². The smallest absolute Gasteiger partial charge is 0.338 e. The number of aliphatic imine (C=N–C) groups is 1. The summed E-state index contributed by atoms with van der Waals surface area (Å²) < 4.78 is 11.1. The number of hydrogen-bond donors (Lipinski definition) is 0. The Kier molecular flexibility index (Phi) is 7.58. The summed E-state index contributed by atoms with van der Waals surface area (Å²) >= 11 is 1.47. The quantitative estimate of drug-likeness (QED) is 0.413. The number of amidine groups is 1. The predicted molar refractivity (Wildman–Crippen MR) is 119 cm³/mol. The summed E-state index contributed by atoms with van der Waals surface area (Å²) in [6, 6.07) is 7.10. The van der Waals surface area contributed by atoms with Crippen molar-refractivity contribution in [2.75, 3.05) is 13.2 Å². The van der Waals surface area contributed by atoms with Gasteiger partial charge in [-0.25, -0.2) is 9.79 Å². The van der Waals surface area contributed by atoms with Gasteiger partial charge in [0, 0.05) is 0 Å². The SMILES string of the molecule is CCCCCOc1ccc([C@@H]2C(C(=O)OCC)=C(C)N=C3S[C@@H](CC)C(=O)N32)cc1. The molecule has 0 bridgehead atoms. The Labute approximate surface area is 182 Å². The van der Waals surface area contributed by atoms with E-state index in [2.05, 4.69) is 11.9 Å². The summed E-state index contributed by atoms with van der Waals surface area (Å²) in [5.74, 6) is 0.340. The molecule has 0 N–H and O–H groups in total. The van der Waals surface area contributed by atoms with Gasteiger partial charge in [-0.1, -0.05) is 50.6 Å². The zero-order valence-electron chi connectivity index (χ0n) is 18.1. The lowest BCUT2D eigenvalue weighted by atomic mass is 9.94. The molecule has 7 heteroatoms. The first-order chi connectivity index (χ1) is 14.5. The maximum absolute atomic E-state index is 13.1. The first-order valence-electron chi connectivity index (χ1n) is 10.7. The lowest BCUT2D eigenvalue weighted by Gasteiger charge is -2.33. The van der Waals surface area contributed by atoms with Crippen LogP contribution in [0.2, 0.25) is 0 Å². The van der Waals surface area contributed by atoms with Gasteiger partial charge in [-0.3, -0.25) is 9.69 Å². The minimum atomic E-state index is -0.540. The molecule has 0 saturated carbocycles. The van der Waals surface area contributed by atoms with Crippen LogP contribution < -0.4 is 4.74 Å². The molecule has 2 atom stereocenters. The standard InChI is InChI=1S/C23H30N2O4S/c1-5-8-9-14-29-17-12-10-16(11-13-17)20-19(22(27)28-7-3)15(4)24-23-25(20)21(26)18(6-2)30-23/h10-13,18,20H,5-9,14H2,1-4H3/t18-,20+/m0/s1. The van der Waals surface area contributed by atoms with Gasteiger partial charge in [0.25, 0.3) is 0 Å². The summed E-state index contributed by atoms with van der Waals surface area (Å²) in [5.41, 5.74) is 1.86. The zero-order valence-corrected chi connectivity index (χ0v) is 19.0. The largest absolute Gasteiger partial charge is 0.494 e. The van der Waals surface area contributed by atoms with Crippen molar-refractivity contribution in [1.82, 2.24) is 4.90 Å². The molecule has 0 spiro atoms. The molecule has 2 aliphatic rings. The van der Waals surface area contributed by atoms with Crippen LogP contribution in [-0.4, -0.2) is 40.4 Å². The number of amides is 1. The Hall–Kier alpha value is -2.28. The van der Waals surface area contributed by atoms with Crippen LogP contribution in [0.4, 0.5) is 0 Å². The van der Waals surface area contributed by atoms with E-state index < -0.39 is 12.0 Å². The highest BCUT2D eigenvalue weighted by atomic mass is 32.2. The molecule has 2 aliphatic heterocycles. The molecule has 0 aliphatic carbocycles. The van der Waals surface area contributed by atoms with Crippen molar-refractivity contribution in [3.63, 3.8) is 0 Å². The number of nitrogens with zero attached hydrogens (tertiary/aromatic N) is 2. The molecule has 1 amide bonds. The molecule has 1 saturated heterocycles. The maximum atomic E-state index is 13.1. The number of carbonyl (C=O) groups excluding carboxylic acids is 2. The van der Waals surface area contributed by atoms with Crippen LogP contribution in [0.25, 0.3) is 0 Å². The summed E-state index contributed by atoms with van der Waals surface area (Å²) in [5, 5.41) is 0.476. The van der Waals surface area contributed by atoms with Gasteiger partial charge in [0.2, 0.25) is 5.91 Å². The normalized spacial score (nSPS) is 20.9. The Morgan fingerprint density at radius 1 is 1.17 bits per heavy atom. The highest BCUT2D eigenvalue weighted by Gasteiger charge is 2.47. The molecule has 1 aromatic carbocycles. The molecule has 0 unspecified atom stereocenters. The number of allylic oxidation sites excluding steroid dienone is 1. The molecular weight excluding hydrogens is 400 g/mol. The Morgan fingerprint density at radius 3 is 2.53 bits per heavy atom. The van der Waals surface area contributed by atoms with Gasteiger partial charge < -0.3 is 9.47 Å². The van der Waals surface area contributed by atoms with Crippen LogP contribution in [-0.2, 0) is 14.3 Å². The van der Waals surface area contributed by atoms with Gasteiger partial charge in [0.15, 0.2) is 5.17 Å². The van der Waals surface area contributed by atoms with Crippen molar-refractivity contribution in [3.8, 4) is 5.75 Å². The lowest BCUT2D eigenvalue weighted by Crippen LogP contribution is -2.40. The molecule has 6 nitrogen and oxygen atoms in total. The Morgan fingerprint density at radius 2 is 1.90 bits per heavy atom. The fourth-order valence-electron chi connectivity index (χ4n) is 3.66.